The first kappa shape index (κ1) is 10.8. The molecule has 82 valence electrons. The second-order valence-electron chi connectivity index (χ2n) is 3.59. The molecule has 1 aromatic carbocycles. The Kier molecular flexibility index (Phi) is 3.27. The lowest BCUT2D eigenvalue weighted by atomic mass is 10.0. The lowest BCUT2D eigenvalue weighted by molar-refractivity contribution is 0.627. The van der Waals surface area contributed by atoms with Crippen molar-refractivity contribution in [2.24, 2.45) is 0 Å². The summed E-state index contributed by atoms with van der Waals surface area (Å²) in [7, 11) is 1.84. The third kappa shape index (κ3) is 2.25. The van der Waals surface area contributed by atoms with Crippen LogP contribution in [0.2, 0.25) is 0 Å². The van der Waals surface area contributed by atoms with Crippen molar-refractivity contribution in [3.8, 4) is 11.1 Å². The van der Waals surface area contributed by atoms with Gasteiger partial charge in [-0.1, -0.05) is 18.2 Å². The van der Waals surface area contributed by atoms with Crippen LogP contribution < -0.4 is 5.32 Å². The normalized spacial score (nSPS) is 10.4. The fourth-order valence-electron chi connectivity index (χ4n) is 1.63. The van der Waals surface area contributed by atoms with Crippen LogP contribution in [0.15, 0.2) is 42.7 Å². The van der Waals surface area contributed by atoms with Gasteiger partial charge in [0.05, 0.1) is 0 Å². The fraction of sp³-hybridized carbons (Fsp3) is 0.154. The van der Waals surface area contributed by atoms with Crippen molar-refractivity contribution in [3.05, 3.63) is 54.1 Å². The molecule has 0 aliphatic carbocycles. The Morgan fingerprint density at radius 1 is 1.31 bits per heavy atom. The van der Waals surface area contributed by atoms with Crippen molar-refractivity contribution < 1.29 is 4.39 Å². The van der Waals surface area contributed by atoms with Gasteiger partial charge in [0.2, 0.25) is 0 Å². The number of hydrogen-bond donors (Lipinski definition) is 1. The van der Waals surface area contributed by atoms with Crippen molar-refractivity contribution >= 4 is 0 Å². The van der Waals surface area contributed by atoms with Crippen LogP contribution in [0.3, 0.4) is 0 Å². The Hall–Kier alpha value is -1.74. The van der Waals surface area contributed by atoms with Gasteiger partial charge < -0.3 is 5.32 Å². The summed E-state index contributed by atoms with van der Waals surface area (Å²) in [6, 6.07) is 8.92. The largest absolute Gasteiger partial charge is 0.316 e. The predicted molar refractivity (Wildman–Crippen MR) is 62.4 cm³/mol. The van der Waals surface area contributed by atoms with Crippen LogP contribution in [-0.2, 0) is 6.54 Å². The quantitative estimate of drug-likeness (QED) is 0.853. The molecule has 0 atom stereocenters. The van der Waals surface area contributed by atoms with Crippen LogP contribution in [0.5, 0.6) is 0 Å². The minimum Gasteiger partial charge on any atom is -0.316 e. The molecule has 1 heterocycles. The third-order valence-corrected chi connectivity index (χ3v) is 2.39. The van der Waals surface area contributed by atoms with Crippen LogP contribution >= 0.6 is 0 Å². The Morgan fingerprint density at radius 2 is 2.19 bits per heavy atom. The van der Waals surface area contributed by atoms with Gasteiger partial charge in [0, 0.05) is 30.1 Å². The molecule has 1 aromatic heterocycles. The van der Waals surface area contributed by atoms with E-state index in [9.17, 15) is 4.39 Å². The molecule has 0 fully saturated rings. The zero-order valence-corrected chi connectivity index (χ0v) is 9.07. The van der Waals surface area contributed by atoms with Crippen molar-refractivity contribution in [1.29, 1.82) is 0 Å². The molecule has 16 heavy (non-hydrogen) atoms. The molecule has 0 aliphatic rings. The molecule has 2 rings (SSSR count). The van der Waals surface area contributed by atoms with Gasteiger partial charge in [-0.2, -0.15) is 0 Å². The monoisotopic (exact) mass is 216 g/mol. The number of benzene rings is 1. The standard InChI is InChI=1S/C13H13FN2/c1-15-8-10-4-5-12(13(14)7-10)11-3-2-6-16-9-11/h2-7,9,15H,8H2,1H3. The topological polar surface area (TPSA) is 24.9 Å². The molecule has 0 radical (unpaired) electrons. The fourth-order valence-corrected chi connectivity index (χ4v) is 1.63. The van der Waals surface area contributed by atoms with Gasteiger partial charge in [0.1, 0.15) is 5.82 Å². The number of hydrogen-bond acceptors (Lipinski definition) is 2. The van der Waals surface area contributed by atoms with Crippen molar-refractivity contribution in [3.63, 3.8) is 0 Å². The number of nitrogens with zero attached hydrogens (tertiary/aromatic N) is 1. The summed E-state index contributed by atoms with van der Waals surface area (Å²) in [6.07, 6.45) is 3.34. The van der Waals surface area contributed by atoms with E-state index in [1.165, 1.54) is 0 Å². The van der Waals surface area contributed by atoms with E-state index >= 15 is 0 Å². The van der Waals surface area contributed by atoms with E-state index < -0.39 is 0 Å². The van der Waals surface area contributed by atoms with Crippen LogP contribution in [0.1, 0.15) is 5.56 Å². The average Bonchev–Trinajstić information content (AvgIpc) is 2.31. The van der Waals surface area contributed by atoms with Gasteiger partial charge in [-0.05, 0) is 24.7 Å². The molecule has 0 aliphatic heterocycles. The van der Waals surface area contributed by atoms with Gasteiger partial charge in [-0.15, -0.1) is 0 Å². The second-order valence-corrected chi connectivity index (χ2v) is 3.59. The van der Waals surface area contributed by atoms with Gasteiger partial charge in [-0.25, -0.2) is 4.39 Å². The predicted octanol–water partition coefficient (Wildman–Crippen LogP) is 2.61. The van der Waals surface area contributed by atoms with Crippen LogP contribution in [-0.4, -0.2) is 12.0 Å². The zero-order valence-electron chi connectivity index (χ0n) is 9.07. The van der Waals surface area contributed by atoms with E-state index in [1.807, 2.05) is 19.2 Å². The molecule has 1 N–H and O–H groups in total. The molecule has 0 unspecified atom stereocenters. The van der Waals surface area contributed by atoms with E-state index in [1.54, 1.807) is 30.6 Å². The van der Waals surface area contributed by atoms with E-state index in [2.05, 4.69) is 10.3 Å². The molecule has 2 aromatic rings. The zero-order chi connectivity index (χ0) is 11.4. The Labute approximate surface area is 94.2 Å². The second kappa shape index (κ2) is 4.86. The van der Waals surface area contributed by atoms with Crippen LogP contribution in [0.25, 0.3) is 11.1 Å². The smallest absolute Gasteiger partial charge is 0.131 e. The summed E-state index contributed by atoms with van der Waals surface area (Å²) in [5, 5.41) is 2.99. The maximum Gasteiger partial charge on any atom is 0.131 e. The Bertz CT molecular complexity index is 469. The van der Waals surface area contributed by atoms with E-state index in [4.69, 9.17) is 0 Å². The molecule has 0 saturated carbocycles. The van der Waals surface area contributed by atoms with Gasteiger partial charge in [-0.3, -0.25) is 4.98 Å². The molecule has 0 saturated heterocycles. The molecule has 0 bridgehead atoms. The molecule has 3 heteroatoms. The molecular formula is C13H13FN2. The van der Waals surface area contributed by atoms with Gasteiger partial charge in [0.25, 0.3) is 0 Å². The van der Waals surface area contributed by atoms with Gasteiger partial charge in [0.15, 0.2) is 0 Å². The van der Waals surface area contributed by atoms with E-state index in [0.717, 1.165) is 11.1 Å². The average molecular weight is 216 g/mol. The first-order chi connectivity index (χ1) is 7.81. The lowest BCUT2D eigenvalue weighted by Crippen LogP contribution is -2.05. The highest BCUT2D eigenvalue weighted by Crippen LogP contribution is 2.22. The Balaban J connectivity index is 2.37. The van der Waals surface area contributed by atoms with Crippen molar-refractivity contribution in [2.75, 3.05) is 7.05 Å². The summed E-state index contributed by atoms with van der Waals surface area (Å²) in [6.45, 7) is 0.671. The van der Waals surface area contributed by atoms with E-state index in [-0.39, 0.29) is 5.82 Å². The summed E-state index contributed by atoms with van der Waals surface area (Å²) < 4.78 is 13.8. The summed E-state index contributed by atoms with van der Waals surface area (Å²) in [5.74, 6) is -0.208. The maximum atomic E-state index is 13.8. The number of pyridine rings is 1. The first-order valence-electron chi connectivity index (χ1n) is 5.14. The van der Waals surface area contributed by atoms with Crippen LogP contribution in [0.4, 0.5) is 4.39 Å². The molecule has 2 nitrogen and oxygen atoms in total. The summed E-state index contributed by atoms with van der Waals surface area (Å²) in [4.78, 5) is 3.98. The number of nitrogens with one attached hydrogen (secondary N) is 1. The Morgan fingerprint density at radius 3 is 2.81 bits per heavy atom. The number of rotatable bonds is 3. The van der Waals surface area contributed by atoms with Crippen LogP contribution in [0, 0.1) is 5.82 Å². The summed E-state index contributed by atoms with van der Waals surface area (Å²) in [5.41, 5.74) is 2.33. The maximum absolute atomic E-state index is 13.8. The summed E-state index contributed by atoms with van der Waals surface area (Å²) >= 11 is 0. The highest BCUT2D eigenvalue weighted by Gasteiger charge is 2.05. The lowest BCUT2D eigenvalue weighted by Gasteiger charge is -2.05. The van der Waals surface area contributed by atoms with E-state index in [0.29, 0.717) is 12.1 Å². The molecule has 0 spiro atoms. The van der Waals surface area contributed by atoms with Gasteiger partial charge >= 0.3 is 0 Å². The SMILES string of the molecule is CNCc1ccc(-c2cccnc2)c(F)c1. The third-order valence-electron chi connectivity index (χ3n) is 2.39. The number of halogens is 1. The highest BCUT2D eigenvalue weighted by molar-refractivity contribution is 5.63. The minimum atomic E-state index is -0.208. The first-order valence-corrected chi connectivity index (χ1v) is 5.14. The van der Waals surface area contributed by atoms with Crippen molar-refractivity contribution in [1.82, 2.24) is 10.3 Å². The van der Waals surface area contributed by atoms with Crippen molar-refractivity contribution in [2.45, 2.75) is 6.54 Å². The minimum absolute atomic E-state index is 0.208. The molecule has 0 amide bonds. The number of aromatic nitrogens is 1. The molecular weight excluding hydrogens is 203 g/mol. The highest BCUT2D eigenvalue weighted by atomic mass is 19.1.